The maximum atomic E-state index is 3.79. The van der Waals surface area contributed by atoms with Gasteiger partial charge in [0.15, 0.2) is 0 Å². The maximum absolute atomic E-state index is 3.79. The van der Waals surface area contributed by atoms with Gasteiger partial charge < -0.3 is 4.57 Å². The zero-order valence-corrected chi connectivity index (χ0v) is 20.1. The topological polar surface area (TPSA) is 4.93 Å². The van der Waals surface area contributed by atoms with Crippen LogP contribution in [0.4, 0.5) is 0 Å². The first kappa shape index (κ1) is 27.9. The van der Waals surface area contributed by atoms with Crippen molar-refractivity contribution in [2.24, 2.45) is 0 Å². The molecule has 1 heteroatoms. The Bertz CT molecular complexity index is 710. The van der Waals surface area contributed by atoms with Crippen molar-refractivity contribution in [1.82, 2.24) is 4.57 Å². The van der Waals surface area contributed by atoms with Gasteiger partial charge in [-0.25, -0.2) is 0 Å². The van der Waals surface area contributed by atoms with Gasteiger partial charge in [0.25, 0.3) is 0 Å². The minimum atomic E-state index is 1.04. The quantitative estimate of drug-likeness (QED) is 0.455. The fourth-order valence-corrected chi connectivity index (χ4v) is 2.61. The predicted molar refractivity (Wildman–Crippen MR) is 133 cm³/mol. The van der Waals surface area contributed by atoms with Crippen LogP contribution in [0.5, 0.6) is 0 Å². The molecular weight excluding hydrogens is 338 g/mol. The summed E-state index contributed by atoms with van der Waals surface area (Å²) in [5.41, 5.74) is 7.59. The Hall–Kier alpha value is -2.28. The molecule has 0 fully saturated rings. The van der Waals surface area contributed by atoms with Crippen LogP contribution in [0.15, 0.2) is 49.1 Å². The summed E-state index contributed by atoms with van der Waals surface area (Å²) in [6.45, 7) is 24.5. The predicted octanol–water partition coefficient (Wildman–Crippen LogP) is 9.10. The lowest BCUT2D eigenvalue weighted by Gasteiger charge is -2.11. The normalized spacial score (nSPS) is 9.79. The van der Waals surface area contributed by atoms with E-state index in [2.05, 4.69) is 81.3 Å². The summed E-state index contributed by atoms with van der Waals surface area (Å²) in [4.78, 5) is 0. The summed E-state index contributed by atoms with van der Waals surface area (Å²) >= 11 is 0. The zero-order valence-electron chi connectivity index (χ0n) is 20.1. The molecule has 0 saturated heterocycles. The van der Waals surface area contributed by atoms with Crippen LogP contribution in [0.2, 0.25) is 0 Å². The van der Waals surface area contributed by atoms with E-state index in [0.29, 0.717) is 0 Å². The van der Waals surface area contributed by atoms with E-state index < -0.39 is 0 Å². The highest BCUT2D eigenvalue weighted by molar-refractivity contribution is 5.66. The molecule has 0 aliphatic carbocycles. The van der Waals surface area contributed by atoms with Gasteiger partial charge in [-0.1, -0.05) is 91.0 Å². The third kappa shape index (κ3) is 7.76. The summed E-state index contributed by atoms with van der Waals surface area (Å²) in [6, 6.07) is 8.69. The molecule has 1 aromatic carbocycles. The van der Waals surface area contributed by atoms with Crippen molar-refractivity contribution < 1.29 is 0 Å². The molecule has 1 heterocycles. The standard InChI is InChI=1S/C21H25N.3C2H6/c1-6-8-10-20-17(4)18(5)21(11-9-7-2)22(20)19-14-12-16(3)13-15-19;3*1-2/h6,8-15H,1,7H2,2-5H3;3*1-2H3/b10-8-,11-9-;;;. The number of aromatic nitrogens is 1. The second-order valence-electron chi connectivity index (χ2n) is 5.60. The highest BCUT2D eigenvalue weighted by Crippen LogP contribution is 2.28. The first-order valence-electron chi connectivity index (χ1n) is 10.8. The molecule has 0 N–H and O–H groups in total. The number of hydrogen-bond acceptors (Lipinski definition) is 0. The van der Waals surface area contributed by atoms with Gasteiger partial charge in [0, 0.05) is 17.1 Å². The molecule has 1 nitrogen and oxygen atoms in total. The Morgan fingerprint density at radius 1 is 0.786 bits per heavy atom. The highest BCUT2D eigenvalue weighted by Gasteiger charge is 2.15. The Kier molecular flexibility index (Phi) is 16.8. The molecule has 0 aliphatic heterocycles. The number of aryl methyl sites for hydroxylation is 1. The minimum Gasteiger partial charge on any atom is -0.310 e. The fourth-order valence-electron chi connectivity index (χ4n) is 2.61. The summed E-state index contributed by atoms with van der Waals surface area (Å²) in [6.07, 6.45) is 11.4. The van der Waals surface area contributed by atoms with Crippen LogP contribution in [0, 0.1) is 20.8 Å². The van der Waals surface area contributed by atoms with Crippen molar-refractivity contribution in [3.63, 3.8) is 0 Å². The van der Waals surface area contributed by atoms with Crippen LogP contribution in [0.3, 0.4) is 0 Å². The molecule has 0 spiro atoms. The third-order valence-corrected chi connectivity index (χ3v) is 4.01. The molecule has 156 valence electrons. The van der Waals surface area contributed by atoms with Crippen LogP contribution in [0.1, 0.15) is 83.0 Å². The summed E-state index contributed by atoms with van der Waals surface area (Å²) in [5, 5.41) is 0. The van der Waals surface area contributed by atoms with E-state index in [9.17, 15) is 0 Å². The number of benzene rings is 1. The lowest BCUT2D eigenvalue weighted by Crippen LogP contribution is -1.99. The van der Waals surface area contributed by atoms with Gasteiger partial charge in [-0.3, -0.25) is 0 Å². The minimum absolute atomic E-state index is 1.04. The van der Waals surface area contributed by atoms with E-state index in [1.54, 1.807) is 0 Å². The van der Waals surface area contributed by atoms with E-state index in [-0.39, 0.29) is 0 Å². The van der Waals surface area contributed by atoms with Gasteiger partial charge in [0.05, 0.1) is 0 Å². The number of rotatable bonds is 5. The van der Waals surface area contributed by atoms with Crippen LogP contribution in [-0.2, 0) is 0 Å². The molecular formula is C27H43N. The van der Waals surface area contributed by atoms with Crippen molar-refractivity contribution in [3.05, 3.63) is 77.2 Å². The summed E-state index contributed by atoms with van der Waals surface area (Å²) < 4.78 is 2.33. The second-order valence-corrected chi connectivity index (χ2v) is 5.60. The van der Waals surface area contributed by atoms with E-state index in [0.717, 1.165) is 6.42 Å². The van der Waals surface area contributed by atoms with E-state index in [4.69, 9.17) is 0 Å². The van der Waals surface area contributed by atoms with E-state index >= 15 is 0 Å². The van der Waals surface area contributed by atoms with Gasteiger partial charge in [0.1, 0.15) is 0 Å². The molecule has 0 aliphatic rings. The Labute approximate surface area is 175 Å². The highest BCUT2D eigenvalue weighted by atomic mass is 15.0. The monoisotopic (exact) mass is 381 g/mol. The lowest BCUT2D eigenvalue weighted by molar-refractivity contribution is 1.03. The molecule has 2 aromatic rings. The first-order chi connectivity index (χ1) is 13.6. The first-order valence-corrected chi connectivity index (χ1v) is 10.8. The molecule has 0 unspecified atom stereocenters. The SMILES string of the molecule is C=C/C=C\c1c(C)c(C)c(/C=C\CC)n1-c1ccc(C)cc1.CC.CC.CC. The molecule has 1 aromatic heterocycles. The zero-order chi connectivity index (χ0) is 22.1. The number of nitrogens with zero attached hydrogens (tertiary/aromatic N) is 1. The molecule has 0 radical (unpaired) electrons. The lowest BCUT2D eigenvalue weighted by atomic mass is 10.1. The third-order valence-electron chi connectivity index (χ3n) is 4.01. The van der Waals surface area contributed by atoms with Crippen molar-refractivity contribution in [2.45, 2.75) is 75.7 Å². The molecule has 0 saturated carbocycles. The molecule has 2 rings (SSSR count). The molecule has 0 bridgehead atoms. The van der Waals surface area contributed by atoms with Crippen LogP contribution in [-0.4, -0.2) is 4.57 Å². The largest absolute Gasteiger partial charge is 0.310 e. The average Bonchev–Trinajstić information content (AvgIpc) is 2.99. The Morgan fingerprint density at radius 2 is 1.25 bits per heavy atom. The van der Waals surface area contributed by atoms with Crippen LogP contribution >= 0.6 is 0 Å². The summed E-state index contributed by atoms with van der Waals surface area (Å²) in [7, 11) is 0. The van der Waals surface area contributed by atoms with Gasteiger partial charge in [-0.2, -0.15) is 0 Å². The Morgan fingerprint density at radius 3 is 1.68 bits per heavy atom. The van der Waals surface area contributed by atoms with Crippen LogP contribution < -0.4 is 0 Å². The van der Waals surface area contributed by atoms with Gasteiger partial charge >= 0.3 is 0 Å². The fraction of sp³-hybridized carbons (Fsp3) is 0.407. The maximum Gasteiger partial charge on any atom is 0.0494 e. The average molecular weight is 382 g/mol. The van der Waals surface area contributed by atoms with E-state index in [1.807, 2.05) is 53.7 Å². The van der Waals surface area contributed by atoms with Crippen molar-refractivity contribution in [1.29, 1.82) is 0 Å². The van der Waals surface area contributed by atoms with Gasteiger partial charge in [-0.05, 0) is 62.6 Å². The van der Waals surface area contributed by atoms with Crippen LogP contribution in [0.25, 0.3) is 17.8 Å². The van der Waals surface area contributed by atoms with E-state index in [1.165, 1.54) is 33.8 Å². The van der Waals surface area contributed by atoms with Gasteiger partial charge in [-0.15, -0.1) is 0 Å². The molecule has 28 heavy (non-hydrogen) atoms. The summed E-state index contributed by atoms with van der Waals surface area (Å²) in [5.74, 6) is 0. The van der Waals surface area contributed by atoms with Crippen molar-refractivity contribution in [2.75, 3.05) is 0 Å². The smallest absolute Gasteiger partial charge is 0.0494 e. The van der Waals surface area contributed by atoms with Gasteiger partial charge in [0.2, 0.25) is 0 Å². The number of hydrogen-bond donors (Lipinski definition) is 0. The Balaban J connectivity index is 0. The molecule has 0 amide bonds. The van der Waals surface area contributed by atoms with Crippen molar-refractivity contribution >= 4 is 12.2 Å². The second kappa shape index (κ2) is 16.9. The number of allylic oxidation sites excluding steroid dienone is 3. The molecule has 0 atom stereocenters. The van der Waals surface area contributed by atoms with Crippen molar-refractivity contribution in [3.8, 4) is 5.69 Å².